The first kappa shape index (κ1) is 17.4. The molecule has 1 aliphatic heterocycles. The maximum absolute atomic E-state index is 12.0. The highest BCUT2D eigenvalue weighted by Gasteiger charge is 2.22. The zero-order valence-corrected chi connectivity index (χ0v) is 12.3. The molecule has 0 aromatic heterocycles. The number of aliphatic carboxylic acids is 1. The first-order valence-electron chi connectivity index (χ1n) is 7.01. The largest absolute Gasteiger partial charge is 0.478 e. The highest BCUT2D eigenvalue weighted by molar-refractivity contribution is 5.90. The van der Waals surface area contributed by atoms with E-state index in [-0.39, 0.29) is 36.0 Å². The average Bonchev–Trinajstić information content (AvgIpc) is 2.94. The van der Waals surface area contributed by atoms with Gasteiger partial charge in [0.05, 0.1) is 11.7 Å². The summed E-state index contributed by atoms with van der Waals surface area (Å²) >= 11 is 0. The summed E-state index contributed by atoms with van der Waals surface area (Å²) in [6.45, 7) is 5.63. The van der Waals surface area contributed by atoms with E-state index in [2.05, 4.69) is 6.58 Å². The topological polar surface area (TPSA) is 93.1 Å². The lowest BCUT2D eigenvalue weighted by Gasteiger charge is -2.14. The normalized spacial score (nSPS) is 19.0. The highest BCUT2D eigenvalue weighted by Crippen LogP contribution is 2.21. The van der Waals surface area contributed by atoms with Gasteiger partial charge in [-0.25, -0.2) is 9.59 Å². The summed E-state index contributed by atoms with van der Waals surface area (Å²) in [7, 11) is 0. The van der Waals surface area contributed by atoms with E-state index in [1.807, 2.05) is 0 Å². The molecule has 1 heterocycles. The Labute approximate surface area is 124 Å². The highest BCUT2D eigenvalue weighted by atomic mass is 16.5. The molecule has 1 aliphatic rings. The van der Waals surface area contributed by atoms with Crippen LogP contribution in [0, 0.1) is 0 Å². The van der Waals surface area contributed by atoms with Crippen LogP contribution in [0.2, 0.25) is 0 Å². The van der Waals surface area contributed by atoms with Crippen molar-refractivity contribution in [1.82, 2.24) is 0 Å². The molecule has 2 N–H and O–H groups in total. The zero-order valence-electron chi connectivity index (χ0n) is 12.3. The third kappa shape index (κ3) is 5.69. The van der Waals surface area contributed by atoms with Gasteiger partial charge in [-0.1, -0.05) is 6.58 Å². The summed E-state index contributed by atoms with van der Waals surface area (Å²) < 4.78 is 10.6. The Hall–Kier alpha value is -1.66. The van der Waals surface area contributed by atoms with Gasteiger partial charge in [-0.3, -0.25) is 0 Å². The van der Waals surface area contributed by atoms with Gasteiger partial charge in [0.15, 0.2) is 0 Å². The summed E-state index contributed by atoms with van der Waals surface area (Å²) in [6.07, 6.45) is 2.73. The minimum absolute atomic E-state index is 0.0181. The molecule has 0 bridgehead atoms. The van der Waals surface area contributed by atoms with Gasteiger partial charge in [0.2, 0.25) is 0 Å². The maximum Gasteiger partial charge on any atom is 0.338 e. The van der Waals surface area contributed by atoms with E-state index in [0.717, 1.165) is 12.8 Å². The lowest BCUT2D eigenvalue weighted by Crippen LogP contribution is -2.15. The molecule has 1 atom stereocenters. The smallest absolute Gasteiger partial charge is 0.338 e. The Balaban J connectivity index is 2.64. The second-order valence-electron chi connectivity index (χ2n) is 5.01. The Kier molecular flexibility index (Phi) is 7.11. The van der Waals surface area contributed by atoms with E-state index in [1.54, 1.807) is 0 Å². The molecule has 1 rings (SSSR count). The predicted molar refractivity (Wildman–Crippen MR) is 75.5 cm³/mol. The quantitative estimate of drug-likeness (QED) is 0.403. The first-order chi connectivity index (χ1) is 9.95. The molecule has 1 unspecified atom stereocenters. The van der Waals surface area contributed by atoms with E-state index in [0.29, 0.717) is 19.4 Å². The van der Waals surface area contributed by atoms with Crippen molar-refractivity contribution in [1.29, 1.82) is 0 Å². The summed E-state index contributed by atoms with van der Waals surface area (Å²) in [4.78, 5) is 22.9. The van der Waals surface area contributed by atoms with Crippen LogP contribution in [0.25, 0.3) is 0 Å². The maximum atomic E-state index is 12.0. The second-order valence-corrected chi connectivity index (χ2v) is 5.01. The van der Waals surface area contributed by atoms with Gasteiger partial charge in [0.25, 0.3) is 0 Å². The van der Waals surface area contributed by atoms with Gasteiger partial charge in [-0.15, -0.1) is 0 Å². The van der Waals surface area contributed by atoms with Crippen LogP contribution in [0.5, 0.6) is 0 Å². The predicted octanol–water partition coefficient (Wildman–Crippen LogP) is 1.79. The monoisotopic (exact) mass is 298 g/mol. The third-order valence-corrected chi connectivity index (χ3v) is 3.30. The molecule has 0 aliphatic carbocycles. The first-order valence-corrected chi connectivity index (χ1v) is 7.01. The van der Waals surface area contributed by atoms with Gasteiger partial charge in [-0.05, 0) is 26.2 Å². The number of ether oxygens (including phenoxy) is 2. The Morgan fingerprint density at radius 2 is 2.14 bits per heavy atom. The van der Waals surface area contributed by atoms with Crippen molar-refractivity contribution >= 4 is 11.9 Å². The van der Waals surface area contributed by atoms with E-state index >= 15 is 0 Å². The minimum Gasteiger partial charge on any atom is -0.478 e. The molecule has 21 heavy (non-hydrogen) atoms. The number of allylic oxidation sites excluding steroid dienone is 1. The Morgan fingerprint density at radius 3 is 2.67 bits per heavy atom. The van der Waals surface area contributed by atoms with Crippen molar-refractivity contribution in [3.63, 3.8) is 0 Å². The van der Waals surface area contributed by atoms with Crippen molar-refractivity contribution < 1.29 is 29.3 Å². The van der Waals surface area contributed by atoms with Crippen molar-refractivity contribution in [3.8, 4) is 0 Å². The fraction of sp³-hybridized carbons (Fsp3) is 0.600. The lowest BCUT2D eigenvalue weighted by atomic mass is 10.1. The van der Waals surface area contributed by atoms with Crippen LogP contribution in [0.1, 0.15) is 39.0 Å². The van der Waals surface area contributed by atoms with E-state index in [9.17, 15) is 9.59 Å². The van der Waals surface area contributed by atoms with Crippen LogP contribution in [-0.4, -0.2) is 41.5 Å². The van der Waals surface area contributed by atoms with Crippen molar-refractivity contribution in [2.45, 2.75) is 45.1 Å². The van der Waals surface area contributed by atoms with E-state index < -0.39 is 11.9 Å². The van der Waals surface area contributed by atoms with E-state index in [1.165, 1.54) is 6.92 Å². The third-order valence-electron chi connectivity index (χ3n) is 3.30. The minimum atomic E-state index is -1.15. The molecule has 6 heteroatoms. The van der Waals surface area contributed by atoms with Gasteiger partial charge < -0.3 is 19.7 Å². The fourth-order valence-corrected chi connectivity index (χ4v) is 2.02. The molecule has 0 aromatic rings. The van der Waals surface area contributed by atoms with E-state index in [4.69, 9.17) is 19.7 Å². The van der Waals surface area contributed by atoms with Crippen LogP contribution in [0.3, 0.4) is 0 Å². The molecule has 1 fully saturated rings. The number of aliphatic hydroxyl groups excluding tert-OH is 1. The number of hydrogen-bond donors (Lipinski definition) is 2. The summed E-state index contributed by atoms with van der Waals surface area (Å²) in [5.41, 5.74) is 0.225. The van der Waals surface area contributed by atoms with Crippen molar-refractivity contribution in [2.24, 2.45) is 0 Å². The molecule has 6 nitrogen and oxygen atoms in total. The number of carboxylic acids is 1. The van der Waals surface area contributed by atoms with Crippen LogP contribution in [-0.2, 0) is 19.1 Å². The number of esters is 1. The molecule has 1 saturated heterocycles. The number of carbonyl (C=O) groups excluding carboxylic acids is 1. The summed E-state index contributed by atoms with van der Waals surface area (Å²) in [5, 5.41) is 17.8. The van der Waals surface area contributed by atoms with Gasteiger partial charge in [0.1, 0.15) is 5.76 Å². The Bertz CT molecular complexity index is 431. The molecule has 118 valence electrons. The lowest BCUT2D eigenvalue weighted by molar-refractivity contribution is -0.136. The molecule has 0 radical (unpaired) electrons. The van der Waals surface area contributed by atoms with Gasteiger partial charge in [0, 0.05) is 31.6 Å². The molecular weight excluding hydrogens is 276 g/mol. The number of rotatable bonds is 8. The molecule has 0 spiro atoms. The number of aliphatic hydroxyl groups is 1. The Morgan fingerprint density at radius 1 is 1.43 bits per heavy atom. The SMILES string of the molecule is C=C(CC1CCCO1)C(=O)OC(CCCO)=C(C)C(=O)O. The number of carboxylic acid groups (broad SMARTS) is 1. The van der Waals surface area contributed by atoms with Crippen molar-refractivity contribution in [3.05, 3.63) is 23.5 Å². The van der Waals surface area contributed by atoms with Crippen molar-refractivity contribution in [2.75, 3.05) is 13.2 Å². The van der Waals surface area contributed by atoms with Gasteiger partial charge >= 0.3 is 11.9 Å². The van der Waals surface area contributed by atoms with Crippen LogP contribution < -0.4 is 0 Å². The zero-order chi connectivity index (χ0) is 15.8. The molecule has 0 amide bonds. The van der Waals surface area contributed by atoms with Crippen LogP contribution in [0.4, 0.5) is 0 Å². The second kappa shape index (κ2) is 8.59. The van der Waals surface area contributed by atoms with Crippen LogP contribution >= 0.6 is 0 Å². The summed E-state index contributed by atoms with van der Waals surface area (Å²) in [5.74, 6) is -1.73. The average molecular weight is 298 g/mol. The molecular formula is C15H22O6. The molecule has 0 saturated carbocycles. The standard InChI is InChI=1S/C15H22O6/c1-10(9-12-5-4-8-20-12)15(19)21-13(6-3-7-16)11(2)14(17)18/h12,16H,1,3-9H2,2H3,(H,17,18). The fourth-order valence-electron chi connectivity index (χ4n) is 2.02. The van der Waals surface area contributed by atoms with Gasteiger partial charge in [-0.2, -0.15) is 0 Å². The molecule has 0 aromatic carbocycles. The number of hydrogen-bond acceptors (Lipinski definition) is 5. The summed E-state index contributed by atoms with van der Waals surface area (Å²) in [6, 6.07) is 0. The number of carbonyl (C=O) groups is 2. The van der Waals surface area contributed by atoms with Crippen LogP contribution in [0.15, 0.2) is 23.5 Å².